The average Bonchev–Trinajstić information content (AvgIpc) is 2.26. The maximum atomic E-state index is 11.0. The van der Waals surface area contributed by atoms with Crippen LogP contribution in [0.25, 0.3) is 0 Å². The molecule has 0 heterocycles. The molecule has 1 atom stereocenters. The number of carbonyl (C=O) groups excluding carboxylic acids is 1. The fraction of sp³-hybridized carbons (Fsp3) is 0.364. The summed E-state index contributed by atoms with van der Waals surface area (Å²) < 4.78 is 0. The number of amides is 1. The van der Waals surface area contributed by atoms with Crippen molar-refractivity contribution in [3.05, 3.63) is 35.9 Å². The van der Waals surface area contributed by atoms with Gasteiger partial charge < -0.3 is 10.6 Å². The zero-order chi connectivity index (χ0) is 10.4. The van der Waals surface area contributed by atoms with E-state index in [0.717, 1.165) is 0 Å². The maximum Gasteiger partial charge on any atom is 0.233 e. The van der Waals surface area contributed by atoms with Gasteiger partial charge in [0, 0.05) is 13.1 Å². The van der Waals surface area contributed by atoms with E-state index in [1.807, 2.05) is 37.3 Å². The average molecular weight is 192 g/mol. The van der Waals surface area contributed by atoms with Crippen LogP contribution >= 0.6 is 0 Å². The van der Waals surface area contributed by atoms with E-state index in [2.05, 4.69) is 10.6 Å². The van der Waals surface area contributed by atoms with Crippen molar-refractivity contribution in [2.75, 3.05) is 13.6 Å². The lowest BCUT2D eigenvalue weighted by Crippen LogP contribution is -2.32. The minimum Gasteiger partial charge on any atom is -0.358 e. The lowest BCUT2D eigenvalue weighted by Gasteiger charge is -2.13. The standard InChI is InChI=1S/C11H16N2O/c1-9(13-8-11(14)12-2)10-6-4-3-5-7-10/h3-7,9,13H,8H2,1-2H3,(H,12,14)/t9-/m0/s1. The molecule has 0 saturated heterocycles. The number of benzene rings is 1. The van der Waals surface area contributed by atoms with Crippen LogP contribution in [0.2, 0.25) is 0 Å². The number of rotatable bonds is 4. The molecule has 76 valence electrons. The number of likely N-dealkylation sites (N-methyl/N-ethyl adjacent to an activating group) is 1. The Bertz CT molecular complexity index is 285. The summed E-state index contributed by atoms with van der Waals surface area (Å²) in [5.41, 5.74) is 1.19. The van der Waals surface area contributed by atoms with E-state index in [1.165, 1.54) is 5.56 Å². The smallest absolute Gasteiger partial charge is 0.233 e. The van der Waals surface area contributed by atoms with Gasteiger partial charge in [0.2, 0.25) is 5.91 Å². The summed E-state index contributed by atoms with van der Waals surface area (Å²) in [7, 11) is 1.64. The van der Waals surface area contributed by atoms with Crippen molar-refractivity contribution in [3.8, 4) is 0 Å². The molecule has 0 spiro atoms. The molecule has 0 aliphatic carbocycles. The Hall–Kier alpha value is -1.35. The minimum absolute atomic E-state index is 0.00720. The topological polar surface area (TPSA) is 41.1 Å². The molecule has 0 aromatic heterocycles. The van der Waals surface area contributed by atoms with Crippen LogP contribution in [0.1, 0.15) is 18.5 Å². The van der Waals surface area contributed by atoms with Crippen LogP contribution in [0.5, 0.6) is 0 Å². The van der Waals surface area contributed by atoms with E-state index in [0.29, 0.717) is 6.54 Å². The molecular weight excluding hydrogens is 176 g/mol. The van der Waals surface area contributed by atoms with Crippen molar-refractivity contribution < 1.29 is 4.79 Å². The van der Waals surface area contributed by atoms with Crippen molar-refractivity contribution in [1.82, 2.24) is 10.6 Å². The van der Waals surface area contributed by atoms with Crippen LogP contribution in [-0.2, 0) is 4.79 Å². The van der Waals surface area contributed by atoms with E-state index < -0.39 is 0 Å². The molecule has 0 aliphatic rings. The highest BCUT2D eigenvalue weighted by Crippen LogP contribution is 2.10. The van der Waals surface area contributed by atoms with Gasteiger partial charge >= 0.3 is 0 Å². The van der Waals surface area contributed by atoms with Gasteiger partial charge in [-0.3, -0.25) is 4.79 Å². The second-order valence-electron chi connectivity index (χ2n) is 3.19. The molecule has 0 aliphatic heterocycles. The lowest BCUT2D eigenvalue weighted by atomic mass is 10.1. The zero-order valence-electron chi connectivity index (χ0n) is 8.58. The summed E-state index contributed by atoms with van der Waals surface area (Å²) in [5, 5.41) is 5.71. The summed E-state index contributed by atoms with van der Waals surface area (Å²) in [6.07, 6.45) is 0. The van der Waals surface area contributed by atoms with Gasteiger partial charge in [0.15, 0.2) is 0 Å². The molecule has 1 aromatic rings. The number of nitrogens with one attached hydrogen (secondary N) is 2. The first kappa shape index (κ1) is 10.7. The van der Waals surface area contributed by atoms with Crippen molar-refractivity contribution in [2.24, 2.45) is 0 Å². The number of carbonyl (C=O) groups is 1. The van der Waals surface area contributed by atoms with E-state index in [1.54, 1.807) is 7.05 Å². The van der Waals surface area contributed by atoms with Gasteiger partial charge in [-0.25, -0.2) is 0 Å². The Labute approximate surface area is 84.5 Å². The Morgan fingerprint density at radius 1 is 1.36 bits per heavy atom. The van der Waals surface area contributed by atoms with E-state index in [-0.39, 0.29) is 11.9 Å². The molecule has 1 rings (SSSR count). The second kappa shape index (κ2) is 5.40. The van der Waals surface area contributed by atoms with Gasteiger partial charge in [-0.1, -0.05) is 30.3 Å². The second-order valence-corrected chi connectivity index (χ2v) is 3.19. The molecule has 3 nitrogen and oxygen atoms in total. The molecule has 3 heteroatoms. The molecule has 0 fully saturated rings. The van der Waals surface area contributed by atoms with Crippen LogP contribution < -0.4 is 10.6 Å². The van der Waals surface area contributed by atoms with E-state index in [4.69, 9.17) is 0 Å². The summed E-state index contributed by atoms with van der Waals surface area (Å²) >= 11 is 0. The molecule has 0 saturated carbocycles. The Morgan fingerprint density at radius 2 is 2.00 bits per heavy atom. The van der Waals surface area contributed by atoms with Crippen molar-refractivity contribution in [2.45, 2.75) is 13.0 Å². The quantitative estimate of drug-likeness (QED) is 0.749. The summed E-state index contributed by atoms with van der Waals surface area (Å²) in [5.74, 6) is 0.00720. The van der Waals surface area contributed by atoms with Gasteiger partial charge in [0.1, 0.15) is 0 Å². The van der Waals surface area contributed by atoms with Crippen molar-refractivity contribution in [1.29, 1.82) is 0 Å². The first-order valence-corrected chi connectivity index (χ1v) is 4.73. The molecule has 14 heavy (non-hydrogen) atoms. The molecule has 2 N–H and O–H groups in total. The minimum atomic E-state index is 0.00720. The molecule has 0 radical (unpaired) electrons. The predicted molar refractivity (Wildman–Crippen MR) is 56.9 cm³/mol. The van der Waals surface area contributed by atoms with Crippen LogP contribution in [0.4, 0.5) is 0 Å². The molecular formula is C11H16N2O. The monoisotopic (exact) mass is 192 g/mol. The number of hydrogen-bond donors (Lipinski definition) is 2. The fourth-order valence-electron chi connectivity index (χ4n) is 1.19. The lowest BCUT2D eigenvalue weighted by molar-refractivity contribution is -0.119. The Balaban J connectivity index is 2.43. The van der Waals surface area contributed by atoms with Crippen LogP contribution in [0, 0.1) is 0 Å². The molecule has 1 amide bonds. The van der Waals surface area contributed by atoms with E-state index in [9.17, 15) is 4.79 Å². The SMILES string of the molecule is CNC(=O)CN[C@@H](C)c1ccccc1. The van der Waals surface area contributed by atoms with Crippen LogP contribution in [0.15, 0.2) is 30.3 Å². The third-order valence-electron chi connectivity index (χ3n) is 2.15. The fourth-order valence-corrected chi connectivity index (χ4v) is 1.19. The van der Waals surface area contributed by atoms with Gasteiger partial charge in [-0.2, -0.15) is 0 Å². The van der Waals surface area contributed by atoms with Crippen molar-refractivity contribution >= 4 is 5.91 Å². The summed E-state index contributed by atoms with van der Waals surface area (Å²) in [4.78, 5) is 11.0. The third-order valence-corrected chi connectivity index (χ3v) is 2.15. The summed E-state index contributed by atoms with van der Waals surface area (Å²) in [6, 6.07) is 10.3. The zero-order valence-corrected chi connectivity index (χ0v) is 8.58. The maximum absolute atomic E-state index is 11.0. The van der Waals surface area contributed by atoms with Crippen molar-refractivity contribution in [3.63, 3.8) is 0 Å². The Kier molecular flexibility index (Phi) is 4.13. The van der Waals surface area contributed by atoms with Crippen LogP contribution in [0.3, 0.4) is 0 Å². The predicted octanol–water partition coefficient (Wildman–Crippen LogP) is 1.08. The highest BCUT2D eigenvalue weighted by molar-refractivity contribution is 5.77. The number of hydrogen-bond acceptors (Lipinski definition) is 2. The third kappa shape index (κ3) is 3.18. The highest BCUT2D eigenvalue weighted by atomic mass is 16.1. The summed E-state index contributed by atoms with van der Waals surface area (Å²) in [6.45, 7) is 2.39. The van der Waals surface area contributed by atoms with Crippen LogP contribution in [-0.4, -0.2) is 19.5 Å². The normalized spacial score (nSPS) is 12.1. The van der Waals surface area contributed by atoms with Gasteiger partial charge in [0.25, 0.3) is 0 Å². The molecule has 0 bridgehead atoms. The first-order valence-electron chi connectivity index (χ1n) is 4.73. The van der Waals surface area contributed by atoms with Gasteiger partial charge in [0.05, 0.1) is 6.54 Å². The van der Waals surface area contributed by atoms with Gasteiger partial charge in [-0.05, 0) is 12.5 Å². The highest BCUT2D eigenvalue weighted by Gasteiger charge is 2.05. The van der Waals surface area contributed by atoms with Gasteiger partial charge in [-0.15, -0.1) is 0 Å². The molecule has 0 unspecified atom stereocenters. The first-order chi connectivity index (χ1) is 6.74. The Morgan fingerprint density at radius 3 is 2.57 bits per heavy atom. The van der Waals surface area contributed by atoms with E-state index >= 15 is 0 Å². The molecule has 1 aromatic carbocycles. The largest absolute Gasteiger partial charge is 0.358 e.